The third-order valence-corrected chi connectivity index (χ3v) is 1.25. The van der Waals surface area contributed by atoms with Crippen LogP contribution in [0.3, 0.4) is 0 Å². The van der Waals surface area contributed by atoms with E-state index in [2.05, 4.69) is 17.6 Å². The van der Waals surface area contributed by atoms with Crippen LogP contribution >= 0.6 is 24.8 Å². The summed E-state index contributed by atoms with van der Waals surface area (Å²) in [7, 11) is 0. The predicted molar refractivity (Wildman–Crippen MR) is 53.5 cm³/mol. The summed E-state index contributed by atoms with van der Waals surface area (Å²) >= 11 is 0. The van der Waals surface area contributed by atoms with Crippen molar-refractivity contribution in [1.82, 2.24) is 10.6 Å². The zero-order valence-corrected chi connectivity index (χ0v) is 8.58. The first kappa shape index (κ1) is 17.9. The zero-order chi connectivity index (χ0) is 7.82. The molecule has 0 aromatic carbocycles. The second-order valence-electron chi connectivity index (χ2n) is 2.16. The molecule has 0 saturated carbocycles. The van der Waals surface area contributed by atoms with E-state index < -0.39 is 0 Å². The lowest BCUT2D eigenvalue weighted by molar-refractivity contribution is -0.122. The van der Waals surface area contributed by atoms with Gasteiger partial charge in [0, 0.05) is 25.7 Å². The maximum Gasteiger partial charge on any atom is 0.290 e. The molecule has 1 aliphatic heterocycles. The molecule has 0 radical (unpaired) electrons. The molecule has 3 N–H and O–H groups in total. The van der Waals surface area contributed by atoms with Crippen LogP contribution in [0.2, 0.25) is 0 Å². The number of hydrogen-bond acceptors (Lipinski definition) is 3. The molecule has 0 aliphatic carbocycles. The molecule has 4 nitrogen and oxygen atoms in total. The Morgan fingerprint density at radius 3 is 2.08 bits per heavy atom. The van der Waals surface area contributed by atoms with Crippen molar-refractivity contribution in [3.8, 4) is 0 Å². The monoisotopic (exact) mass is 218 g/mol. The normalized spacial score (nSPS) is 20.2. The molecular formula is C6H16Cl2N2O2. The summed E-state index contributed by atoms with van der Waals surface area (Å²) in [6.07, 6.45) is 0. The van der Waals surface area contributed by atoms with Gasteiger partial charge in [0.05, 0.1) is 0 Å². The summed E-state index contributed by atoms with van der Waals surface area (Å²) in [4.78, 5) is 8.36. The minimum absolute atomic E-state index is 0. The Kier molecular flexibility index (Phi) is 20.2. The van der Waals surface area contributed by atoms with Gasteiger partial charge in [-0.2, -0.15) is 0 Å². The van der Waals surface area contributed by atoms with Crippen molar-refractivity contribution >= 4 is 31.3 Å². The zero-order valence-electron chi connectivity index (χ0n) is 6.95. The Morgan fingerprint density at radius 1 is 1.42 bits per heavy atom. The van der Waals surface area contributed by atoms with Gasteiger partial charge in [0.2, 0.25) is 0 Å². The fraction of sp³-hybridized carbons (Fsp3) is 0.833. The number of carboxylic acid groups (broad SMARTS) is 1. The average molecular weight is 219 g/mol. The van der Waals surface area contributed by atoms with Crippen LogP contribution in [0, 0.1) is 0 Å². The average Bonchev–Trinajstić information content (AvgIpc) is 1.91. The van der Waals surface area contributed by atoms with Gasteiger partial charge in [0.15, 0.2) is 0 Å². The lowest BCUT2D eigenvalue weighted by Crippen LogP contribution is -2.46. The van der Waals surface area contributed by atoms with E-state index in [9.17, 15) is 0 Å². The van der Waals surface area contributed by atoms with Gasteiger partial charge in [-0.25, -0.2) is 0 Å². The first-order chi connectivity index (χ1) is 4.81. The van der Waals surface area contributed by atoms with E-state index in [-0.39, 0.29) is 31.3 Å². The molecule has 0 aromatic heterocycles. The van der Waals surface area contributed by atoms with Gasteiger partial charge >= 0.3 is 0 Å². The van der Waals surface area contributed by atoms with Crippen molar-refractivity contribution in [2.75, 3.05) is 19.6 Å². The standard InChI is InChI=1S/C5H12N2.CH2O2.2ClH/c1-5-4-6-2-3-7-5;2-1-3;;/h5-7H,2-4H2,1H3;1H,(H,2,3);2*1H. The van der Waals surface area contributed by atoms with Crippen LogP contribution in [0.25, 0.3) is 0 Å². The number of carbonyl (C=O) groups is 1. The van der Waals surface area contributed by atoms with E-state index in [1.54, 1.807) is 0 Å². The molecule has 1 unspecified atom stereocenters. The van der Waals surface area contributed by atoms with Crippen molar-refractivity contribution in [2.45, 2.75) is 13.0 Å². The Hall–Kier alpha value is -0.0300. The Morgan fingerprint density at radius 2 is 1.92 bits per heavy atom. The predicted octanol–water partition coefficient (Wildman–Crippen LogP) is 0.112. The minimum atomic E-state index is -0.250. The Labute approximate surface area is 84.9 Å². The first-order valence-electron chi connectivity index (χ1n) is 3.33. The lowest BCUT2D eigenvalue weighted by atomic mass is 10.3. The van der Waals surface area contributed by atoms with Crippen LogP contribution in [0.15, 0.2) is 0 Å². The van der Waals surface area contributed by atoms with Crippen molar-refractivity contribution in [1.29, 1.82) is 0 Å². The van der Waals surface area contributed by atoms with Gasteiger partial charge in [-0.05, 0) is 6.92 Å². The number of rotatable bonds is 0. The first-order valence-corrected chi connectivity index (χ1v) is 3.33. The largest absolute Gasteiger partial charge is 0.483 e. The van der Waals surface area contributed by atoms with Gasteiger partial charge in [0.25, 0.3) is 6.47 Å². The highest BCUT2D eigenvalue weighted by atomic mass is 35.5. The molecule has 1 rings (SSSR count). The van der Waals surface area contributed by atoms with Crippen molar-refractivity contribution in [2.24, 2.45) is 0 Å². The molecule has 0 bridgehead atoms. The summed E-state index contributed by atoms with van der Waals surface area (Å²) < 4.78 is 0. The van der Waals surface area contributed by atoms with Crippen LogP contribution in [0.5, 0.6) is 0 Å². The highest BCUT2D eigenvalue weighted by Crippen LogP contribution is 1.80. The summed E-state index contributed by atoms with van der Waals surface area (Å²) in [6.45, 7) is 5.32. The molecule has 6 heteroatoms. The molecule has 1 saturated heterocycles. The third kappa shape index (κ3) is 12.6. The molecule has 0 aromatic rings. The molecule has 12 heavy (non-hydrogen) atoms. The van der Waals surface area contributed by atoms with Gasteiger partial charge in [0.1, 0.15) is 0 Å². The number of halogens is 2. The quantitative estimate of drug-likeness (QED) is 0.506. The highest BCUT2D eigenvalue weighted by molar-refractivity contribution is 5.85. The van der Waals surface area contributed by atoms with Crippen LogP contribution in [-0.2, 0) is 4.79 Å². The van der Waals surface area contributed by atoms with E-state index in [1.807, 2.05) is 0 Å². The van der Waals surface area contributed by atoms with Crippen molar-refractivity contribution in [3.05, 3.63) is 0 Å². The molecule has 1 heterocycles. The van der Waals surface area contributed by atoms with E-state index in [0.29, 0.717) is 6.04 Å². The lowest BCUT2D eigenvalue weighted by Gasteiger charge is -2.19. The van der Waals surface area contributed by atoms with E-state index >= 15 is 0 Å². The molecule has 76 valence electrons. The summed E-state index contributed by atoms with van der Waals surface area (Å²) in [5, 5.41) is 13.5. The number of piperazine rings is 1. The van der Waals surface area contributed by atoms with Crippen molar-refractivity contribution < 1.29 is 9.90 Å². The fourth-order valence-corrected chi connectivity index (χ4v) is 0.798. The second kappa shape index (κ2) is 13.6. The van der Waals surface area contributed by atoms with Crippen LogP contribution < -0.4 is 10.6 Å². The van der Waals surface area contributed by atoms with E-state index in [0.717, 1.165) is 19.6 Å². The summed E-state index contributed by atoms with van der Waals surface area (Å²) in [5.41, 5.74) is 0. The van der Waals surface area contributed by atoms with Gasteiger partial charge in [-0.1, -0.05) is 0 Å². The minimum Gasteiger partial charge on any atom is -0.483 e. The van der Waals surface area contributed by atoms with Crippen LogP contribution in [0.4, 0.5) is 0 Å². The number of hydrogen-bond donors (Lipinski definition) is 3. The molecule has 1 atom stereocenters. The molecule has 1 aliphatic rings. The highest BCUT2D eigenvalue weighted by Gasteiger charge is 2.03. The smallest absolute Gasteiger partial charge is 0.290 e. The van der Waals surface area contributed by atoms with Crippen LogP contribution in [0.1, 0.15) is 6.92 Å². The van der Waals surface area contributed by atoms with Gasteiger partial charge < -0.3 is 15.7 Å². The number of nitrogens with one attached hydrogen (secondary N) is 2. The Bertz CT molecular complexity index is 89.6. The fourth-order valence-electron chi connectivity index (χ4n) is 0.798. The maximum absolute atomic E-state index is 8.36. The van der Waals surface area contributed by atoms with Crippen molar-refractivity contribution in [3.63, 3.8) is 0 Å². The third-order valence-electron chi connectivity index (χ3n) is 1.25. The summed E-state index contributed by atoms with van der Waals surface area (Å²) in [5.74, 6) is 0. The molecule has 0 amide bonds. The van der Waals surface area contributed by atoms with Gasteiger partial charge in [-0.15, -0.1) is 24.8 Å². The topological polar surface area (TPSA) is 61.4 Å². The van der Waals surface area contributed by atoms with E-state index in [1.165, 1.54) is 0 Å². The van der Waals surface area contributed by atoms with E-state index in [4.69, 9.17) is 9.90 Å². The van der Waals surface area contributed by atoms with Crippen LogP contribution in [-0.4, -0.2) is 37.3 Å². The SMILES string of the molecule is CC1CNCCN1.Cl.Cl.O=CO. The molecule has 1 fully saturated rings. The van der Waals surface area contributed by atoms with Gasteiger partial charge in [-0.3, -0.25) is 4.79 Å². The summed E-state index contributed by atoms with van der Waals surface area (Å²) in [6, 6.07) is 0.675. The molecular weight excluding hydrogens is 203 g/mol. The Balaban J connectivity index is -0.000000146. The maximum atomic E-state index is 8.36. The second-order valence-corrected chi connectivity index (χ2v) is 2.16. The molecule has 0 spiro atoms.